The third kappa shape index (κ3) is 3.71. The van der Waals surface area contributed by atoms with Gasteiger partial charge < -0.3 is 4.74 Å². The molecule has 0 amide bonds. The van der Waals surface area contributed by atoms with Gasteiger partial charge in [0.2, 0.25) is 0 Å². The summed E-state index contributed by atoms with van der Waals surface area (Å²) >= 11 is 5.95. The van der Waals surface area contributed by atoms with Crippen molar-refractivity contribution in [3.63, 3.8) is 0 Å². The number of hydrogen-bond donors (Lipinski definition) is 1. The average Bonchev–Trinajstić information content (AvgIpc) is 2.46. The second-order valence-electron chi connectivity index (χ2n) is 5.52. The first-order valence-electron chi connectivity index (χ1n) is 7.14. The number of esters is 1. The van der Waals surface area contributed by atoms with Gasteiger partial charge in [0, 0.05) is 5.69 Å². The molecule has 0 unspecified atom stereocenters. The van der Waals surface area contributed by atoms with Gasteiger partial charge in [-0.2, -0.15) is 0 Å². The highest BCUT2D eigenvalue weighted by Crippen LogP contribution is 2.26. The van der Waals surface area contributed by atoms with Crippen molar-refractivity contribution in [2.45, 2.75) is 25.7 Å². The van der Waals surface area contributed by atoms with Gasteiger partial charge in [-0.3, -0.25) is 4.72 Å². The highest BCUT2D eigenvalue weighted by molar-refractivity contribution is 7.92. The average molecular weight is 368 g/mol. The van der Waals surface area contributed by atoms with Crippen molar-refractivity contribution in [1.82, 2.24) is 0 Å². The van der Waals surface area contributed by atoms with E-state index in [9.17, 15) is 13.2 Å². The van der Waals surface area contributed by atoms with Crippen molar-refractivity contribution in [3.8, 4) is 0 Å². The summed E-state index contributed by atoms with van der Waals surface area (Å²) in [5.74, 6) is -0.635. The van der Waals surface area contributed by atoms with Crippen molar-refractivity contribution in [2.75, 3.05) is 11.8 Å². The molecule has 2 rings (SSSR count). The predicted molar refractivity (Wildman–Crippen MR) is 94.3 cm³/mol. The number of ether oxygens (including phenoxy) is 1. The molecule has 7 heteroatoms. The zero-order valence-electron chi connectivity index (χ0n) is 13.8. The fourth-order valence-corrected chi connectivity index (χ4v) is 4.35. The zero-order valence-corrected chi connectivity index (χ0v) is 15.4. The van der Waals surface area contributed by atoms with E-state index in [-0.39, 0.29) is 21.2 Å². The predicted octanol–water partition coefficient (Wildman–Crippen LogP) is 3.85. The molecule has 0 saturated carbocycles. The molecule has 128 valence electrons. The van der Waals surface area contributed by atoms with Crippen molar-refractivity contribution >= 4 is 33.3 Å². The van der Waals surface area contributed by atoms with Gasteiger partial charge in [0.05, 0.1) is 22.6 Å². The number of benzene rings is 2. The lowest BCUT2D eigenvalue weighted by atomic mass is 10.1. The summed E-state index contributed by atoms with van der Waals surface area (Å²) in [6, 6.07) is 7.91. The van der Waals surface area contributed by atoms with E-state index < -0.39 is 16.0 Å². The standard InChI is InChI=1S/C17H18ClNO4S/c1-10-7-11(2)16(12(3)8-10)24(21,22)19-13-5-6-15(18)14(9-13)17(20)23-4/h5-9,19H,1-4H3. The van der Waals surface area contributed by atoms with E-state index in [4.69, 9.17) is 11.6 Å². The summed E-state index contributed by atoms with van der Waals surface area (Å²) in [4.78, 5) is 11.9. The maximum atomic E-state index is 12.7. The van der Waals surface area contributed by atoms with Crippen LogP contribution in [0.3, 0.4) is 0 Å². The first-order valence-corrected chi connectivity index (χ1v) is 9.00. The number of rotatable bonds is 4. The van der Waals surface area contributed by atoms with E-state index in [1.165, 1.54) is 25.3 Å². The number of nitrogens with one attached hydrogen (secondary N) is 1. The summed E-state index contributed by atoms with van der Waals surface area (Å²) in [6.45, 7) is 5.40. The molecule has 0 fully saturated rings. The molecule has 0 spiro atoms. The lowest BCUT2D eigenvalue weighted by Gasteiger charge is -2.14. The van der Waals surface area contributed by atoms with Gasteiger partial charge in [0.25, 0.3) is 10.0 Å². The Labute approximate surface area is 146 Å². The Morgan fingerprint density at radius 3 is 2.21 bits per heavy atom. The van der Waals surface area contributed by atoms with Crippen LogP contribution in [0, 0.1) is 20.8 Å². The summed E-state index contributed by atoms with van der Waals surface area (Å²) in [5.41, 5.74) is 2.63. The fraction of sp³-hybridized carbons (Fsp3) is 0.235. The number of anilines is 1. The van der Waals surface area contributed by atoms with Crippen LogP contribution in [0.5, 0.6) is 0 Å². The van der Waals surface area contributed by atoms with Crippen LogP contribution in [0.4, 0.5) is 5.69 Å². The highest BCUT2D eigenvalue weighted by Gasteiger charge is 2.21. The summed E-state index contributed by atoms with van der Waals surface area (Å²) < 4.78 is 32.6. The first-order chi connectivity index (χ1) is 11.2. The number of methoxy groups -OCH3 is 1. The van der Waals surface area contributed by atoms with Crippen LogP contribution in [0.2, 0.25) is 5.02 Å². The maximum absolute atomic E-state index is 12.7. The van der Waals surface area contributed by atoms with Gasteiger partial charge >= 0.3 is 5.97 Å². The second kappa shape index (κ2) is 6.83. The molecular weight excluding hydrogens is 350 g/mol. The van der Waals surface area contributed by atoms with E-state index in [1.54, 1.807) is 13.8 Å². The fourth-order valence-electron chi connectivity index (χ4n) is 2.65. The van der Waals surface area contributed by atoms with Gasteiger partial charge in [-0.1, -0.05) is 29.3 Å². The van der Waals surface area contributed by atoms with Crippen LogP contribution in [0.15, 0.2) is 35.2 Å². The van der Waals surface area contributed by atoms with E-state index in [0.717, 1.165) is 5.56 Å². The quantitative estimate of drug-likeness (QED) is 0.833. The van der Waals surface area contributed by atoms with E-state index in [2.05, 4.69) is 9.46 Å². The Kier molecular flexibility index (Phi) is 5.20. The molecule has 0 saturated heterocycles. The minimum absolute atomic E-state index is 0.0942. The third-order valence-corrected chi connectivity index (χ3v) is 5.51. The van der Waals surface area contributed by atoms with E-state index in [1.807, 2.05) is 19.1 Å². The van der Waals surface area contributed by atoms with Crippen molar-refractivity contribution < 1.29 is 17.9 Å². The topological polar surface area (TPSA) is 72.5 Å². The van der Waals surface area contributed by atoms with Gasteiger partial charge in [-0.15, -0.1) is 0 Å². The molecule has 2 aromatic carbocycles. The minimum Gasteiger partial charge on any atom is -0.465 e. The van der Waals surface area contributed by atoms with Crippen molar-refractivity contribution in [2.24, 2.45) is 0 Å². The van der Waals surface area contributed by atoms with E-state index >= 15 is 0 Å². The van der Waals surface area contributed by atoms with Crippen LogP contribution in [-0.2, 0) is 14.8 Å². The Bertz CT molecular complexity index is 884. The number of sulfonamides is 1. The van der Waals surface area contributed by atoms with Crippen LogP contribution in [-0.4, -0.2) is 21.5 Å². The second-order valence-corrected chi connectivity index (χ2v) is 7.55. The Morgan fingerprint density at radius 1 is 1.08 bits per heavy atom. The smallest absolute Gasteiger partial charge is 0.339 e. The Morgan fingerprint density at radius 2 is 1.67 bits per heavy atom. The van der Waals surface area contributed by atoms with Crippen molar-refractivity contribution in [3.05, 3.63) is 57.6 Å². The molecule has 5 nitrogen and oxygen atoms in total. The number of carbonyl (C=O) groups excluding carboxylic acids is 1. The largest absolute Gasteiger partial charge is 0.465 e. The molecule has 0 bridgehead atoms. The van der Waals surface area contributed by atoms with Crippen LogP contribution >= 0.6 is 11.6 Å². The van der Waals surface area contributed by atoms with Gasteiger partial charge in [0.15, 0.2) is 0 Å². The minimum atomic E-state index is -3.80. The summed E-state index contributed by atoms with van der Waals surface area (Å²) in [6.07, 6.45) is 0. The van der Waals surface area contributed by atoms with Crippen molar-refractivity contribution in [1.29, 1.82) is 0 Å². The third-order valence-electron chi connectivity index (χ3n) is 3.50. The molecule has 1 N–H and O–H groups in total. The number of halogens is 1. The Balaban J connectivity index is 2.46. The van der Waals surface area contributed by atoms with Crippen LogP contribution < -0.4 is 4.72 Å². The lowest BCUT2D eigenvalue weighted by molar-refractivity contribution is 0.0601. The number of carbonyl (C=O) groups is 1. The molecule has 0 aliphatic rings. The molecule has 24 heavy (non-hydrogen) atoms. The molecular formula is C17H18ClNO4S. The molecule has 0 aliphatic carbocycles. The SMILES string of the molecule is COC(=O)c1cc(NS(=O)(=O)c2c(C)cc(C)cc2C)ccc1Cl. The number of aryl methyl sites for hydroxylation is 3. The normalized spacial score (nSPS) is 11.2. The molecule has 0 atom stereocenters. The summed E-state index contributed by atoms with van der Waals surface area (Å²) in [5, 5.41) is 0.187. The maximum Gasteiger partial charge on any atom is 0.339 e. The molecule has 2 aromatic rings. The number of hydrogen-bond acceptors (Lipinski definition) is 4. The highest BCUT2D eigenvalue weighted by atomic mass is 35.5. The lowest BCUT2D eigenvalue weighted by Crippen LogP contribution is -2.16. The molecule has 0 aromatic heterocycles. The van der Waals surface area contributed by atoms with Gasteiger partial charge in [-0.25, -0.2) is 13.2 Å². The van der Waals surface area contributed by atoms with E-state index in [0.29, 0.717) is 11.1 Å². The molecule has 0 aliphatic heterocycles. The first kappa shape index (κ1) is 18.3. The monoisotopic (exact) mass is 367 g/mol. The van der Waals surface area contributed by atoms with Crippen LogP contribution in [0.25, 0.3) is 0 Å². The molecule has 0 heterocycles. The van der Waals surface area contributed by atoms with Gasteiger partial charge in [0.1, 0.15) is 0 Å². The molecule has 0 radical (unpaired) electrons. The van der Waals surface area contributed by atoms with Crippen LogP contribution in [0.1, 0.15) is 27.0 Å². The van der Waals surface area contributed by atoms with Gasteiger partial charge in [-0.05, 0) is 50.1 Å². The Hall–Kier alpha value is -2.05. The zero-order chi connectivity index (χ0) is 18.1. The summed E-state index contributed by atoms with van der Waals surface area (Å²) in [7, 11) is -2.57.